The highest BCUT2D eigenvalue weighted by Gasteiger charge is 2.87. The van der Waals surface area contributed by atoms with Gasteiger partial charge in [-0.05, 0) is 50.2 Å². The number of epoxide rings is 1. The van der Waals surface area contributed by atoms with Crippen molar-refractivity contribution < 1.29 is 28.9 Å². The van der Waals surface area contributed by atoms with Gasteiger partial charge in [-0.2, -0.15) is 0 Å². The van der Waals surface area contributed by atoms with E-state index in [0.717, 1.165) is 17.7 Å². The summed E-state index contributed by atoms with van der Waals surface area (Å²) in [6.07, 6.45) is 6.59. The summed E-state index contributed by atoms with van der Waals surface area (Å²) in [5.41, 5.74) is -2.77. The van der Waals surface area contributed by atoms with Crippen molar-refractivity contribution in [2.45, 2.75) is 62.5 Å². The van der Waals surface area contributed by atoms with E-state index < -0.39 is 35.0 Å². The molecule has 30 heavy (non-hydrogen) atoms. The SMILES string of the molecule is C=O.CN=C1C=CC2(C)C(=C1)CCC1[C@@H]3C[C@@H](C)[C@@]4(C(=O)CO)OC34CC(O)[C@@]12F. The molecular formula is C23H30FNO5. The Balaban J connectivity index is 0.00000106. The van der Waals surface area contributed by atoms with Gasteiger partial charge in [0.05, 0.1) is 11.8 Å². The van der Waals surface area contributed by atoms with Gasteiger partial charge in [-0.15, -0.1) is 0 Å². The average molecular weight is 419 g/mol. The first kappa shape index (κ1) is 21.5. The number of alkyl halides is 1. The molecule has 2 N–H and O–H groups in total. The van der Waals surface area contributed by atoms with E-state index in [0.29, 0.717) is 12.8 Å². The van der Waals surface area contributed by atoms with E-state index in [1.54, 1.807) is 7.05 Å². The first-order chi connectivity index (χ1) is 14.2. The number of ketones is 1. The van der Waals surface area contributed by atoms with Crippen LogP contribution in [0.4, 0.5) is 4.39 Å². The molecule has 4 fully saturated rings. The lowest BCUT2D eigenvalue weighted by Crippen LogP contribution is -2.66. The Morgan fingerprint density at radius 2 is 2.10 bits per heavy atom. The lowest BCUT2D eigenvalue weighted by atomic mass is 9.48. The molecule has 5 rings (SSSR count). The number of aliphatic imine (C=N–C) groups is 1. The van der Waals surface area contributed by atoms with Gasteiger partial charge in [0.1, 0.15) is 19.0 Å². The summed E-state index contributed by atoms with van der Waals surface area (Å²) in [6, 6.07) is 0. The van der Waals surface area contributed by atoms with Crippen LogP contribution in [0, 0.1) is 23.2 Å². The van der Waals surface area contributed by atoms with Crippen LogP contribution < -0.4 is 0 Å². The van der Waals surface area contributed by atoms with Crippen LogP contribution in [0.15, 0.2) is 28.8 Å². The number of carbonyl (C=O) groups is 2. The summed E-state index contributed by atoms with van der Waals surface area (Å²) >= 11 is 0. The molecule has 1 spiro atoms. The Labute approximate surface area is 175 Å². The van der Waals surface area contributed by atoms with Gasteiger partial charge < -0.3 is 19.7 Å². The van der Waals surface area contributed by atoms with E-state index in [4.69, 9.17) is 9.53 Å². The molecule has 0 amide bonds. The summed E-state index contributed by atoms with van der Waals surface area (Å²) in [6.45, 7) is 5.26. The number of nitrogens with zero attached hydrogens (tertiary/aromatic N) is 1. The summed E-state index contributed by atoms with van der Waals surface area (Å²) in [5, 5.41) is 20.7. The molecule has 5 aliphatic rings. The second-order valence-corrected chi connectivity index (χ2v) is 9.54. The maximum absolute atomic E-state index is 17.0. The summed E-state index contributed by atoms with van der Waals surface area (Å²) in [4.78, 5) is 24.8. The van der Waals surface area contributed by atoms with Crippen LogP contribution in [0.3, 0.4) is 0 Å². The number of aliphatic hydroxyl groups excluding tert-OH is 2. The van der Waals surface area contributed by atoms with Gasteiger partial charge in [-0.1, -0.05) is 18.6 Å². The molecule has 6 nitrogen and oxygen atoms in total. The summed E-state index contributed by atoms with van der Waals surface area (Å²) in [7, 11) is 1.72. The van der Waals surface area contributed by atoms with Crippen molar-refractivity contribution in [1.29, 1.82) is 0 Å². The zero-order chi connectivity index (χ0) is 22.1. The van der Waals surface area contributed by atoms with Crippen LogP contribution in [0.1, 0.15) is 39.5 Å². The number of halogens is 1. The predicted octanol–water partition coefficient (Wildman–Crippen LogP) is 1.98. The second kappa shape index (κ2) is 6.65. The third-order valence-corrected chi connectivity index (χ3v) is 8.75. The molecule has 1 saturated heterocycles. The molecule has 0 aromatic rings. The number of fused-ring (bicyclic) bond motifs is 4. The maximum Gasteiger partial charge on any atom is 0.193 e. The highest BCUT2D eigenvalue weighted by molar-refractivity contribution is 6.05. The minimum absolute atomic E-state index is 0.0860. The number of Topliss-reactive ketones (excluding diaryl/α,β-unsaturated/α-hetero) is 1. The standard InChI is InChI=1S/C22H28FNO4.CH2O/c1-12-8-16-15-5-4-13-9-14(24-3)6-7-19(13,2)21(15,23)17(26)10-20(16)22(12,28-20)18(27)11-25;1-2/h6-7,9,12,15-17,25-26H,4-5,8,10-11H2,1-3H3;1H2/t12-,15?,16+,17?,19?,20?,21+,22+;/m1./s1. The molecule has 0 aromatic heterocycles. The van der Waals surface area contributed by atoms with Crippen molar-refractivity contribution >= 4 is 18.3 Å². The molecule has 164 valence electrons. The summed E-state index contributed by atoms with van der Waals surface area (Å²) < 4.78 is 23.0. The van der Waals surface area contributed by atoms with Gasteiger partial charge in [-0.3, -0.25) is 9.79 Å². The van der Waals surface area contributed by atoms with Crippen LogP contribution in [-0.2, 0) is 14.3 Å². The zero-order valence-electron chi connectivity index (χ0n) is 17.7. The van der Waals surface area contributed by atoms with Crippen molar-refractivity contribution in [3.63, 3.8) is 0 Å². The van der Waals surface area contributed by atoms with E-state index >= 15 is 4.39 Å². The largest absolute Gasteiger partial charge is 0.390 e. The average Bonchev–Trinajstić information content (AvgIpc) is 3.36. The third-order valence-electron chi connectivity index (χ3n) is 8.75. The van der Waals surface area contributed by atoms with Crippen LogP contribution >= 0.6 is 0 Å². The van der Waals surface area contributed by atoms with Gasteiger partial charge in [0.25, 0.3) is 0 Å². The molecule has 1 aliphatic heterocycles. The fourth-order valence-corrected chi connectivity index (χ4v) is 7.40. The maximum atomic E-state index is 17.0. The van der Waals surface area contributed by atoms with E-state index in [9.17, 15) is 15.0 Å². The first-order valence-electron chi connectivity index (χ1n) is 10.6. The molecule has 8 atom stereocenters. The quantitative estimate of drug-likeness (QED) is 0.667. The van der Waals surface area contributed by atoms with Gasteiger partial charge >= 0.3 is 0 Å². The van der Waals surface area contributed by atoms with Crippen LogP contribution in [0.25, 0.3) is 0 Å². The number of allylic oxidation sites excluding steroid dienone is 4. The number of carbonyl (C=O) groups excluding carboxylic acids is 2. The van der Waals surface area contributed by atoms with E-state index in [-0.39, 0.29) is 30.0 Å². The zero-order valence-corrected chi connectivity index (χ0v) is 17.7. The fourth-order valence-electron chi connectivity index (χ4n) is 7.40. The first-order valence-corrected chi connectivity index (χ1v) is 10.6. The molecule has 0 aromatic carbocycles. The number of hydrogen-bond donors (Lipinski definition) is 2. The van der Waals surface area contributed by atoms with Crippen molar-refractivity contribution in [1.82, 2.24) is 0 Å². The van der Waals surface area contributed by atoms with Crippen LogP contribution in [0.5, 0.6) is 0 Å². The monoisotopic (exact) mass is 419 g/mol. The predicted molar refractivity (Wildman–Crippen MR) is 109 cm³/mol. The number of aliphatic hydroxyl groups is 2. The van der Waals surface area contributed by atoms with Crippen LogP contribution in [-0.4, -0.2) is 65.1 Å². The number of rotatable bonds is 2. The van der Waals surface area contributed by atoms with Gasteiger partial charge in [-0.25, -0.2) is 4.39 Å². The highest BCUT2D eigenvalue weighted by atomic mass is 19.1. The van der Waals surface area contributed by atoms with Gasteiger partial charge in [0.2, 0.25) is 0 Å². The van der Waals surface area contributed by atoms with E-state index in [1.165, 1.54) is 0 Å². The fraction of sp³-hybridized carbons (Fsp3) is 0.696. The smallest absolute Gasteiger partial charge is 0.193 e. The van der Waals surface area contributed by atoms with Crippen molar-refractivity contribution in [2.75, 3.05) is 13.7 Å². The van der Waals surface area contributed by atoms with E-state index in [1.807, 2.05) is 38.9 Å². The Morgan fingerprint density at radius 3 is 2.73 bits per heavy atom. The molecule has 4 aliphatic carbocycles. The normalized spacial score (nSPS) is 51.5. The molecule has 0 radical (unpaired) electrons. The summed E-state index contributed by atoms with van der Waals surface area (Å²) in [5.74, 6) is -0.928. The van der Waals surface area contributed by atoms with Crippen molar-refractivity contribution in [2.24, 2.45) is 28.2 Å². The van der Waals surface area contributed by atoms with Crippen molar-refractivity contribution in [3.8, 4) is 0 Å². The Hall–Kier alpha value is -1.70. The van der Waals surface area contributed by atoms with Gasteiger partial charge in [0, 0.05) is 24.8 Å². The minimum atomic E-state index is -1.81. The molecular weight excluding hydrogens is 389 g/mol. The molecule has 4 unspecified atom stereocenters. The van der Waals surface area contributed by atoms with Gasteiger partial charge in [0.15, 0.2) is 17.1 Å². The lowest BCUT2D eigenvalue weighted by Gasteiger charge is -2.59. The Kier molecular flexibility index (Phi) is 4.77. The number of ether oxygens (including phenoxy) is 1. The Bertz CT molecular complexity index is 870. The topological polar surface area (TPSA) is 99.5 Å². The molecule has 7 heteroatoms. The molecule has 1 heterocycles. The van der Waals surface area contributed by atoms with Crippen LogP contribution in [0.2, 0.25) is 0 Å². The molecule has 0 bridgehead atoms. The molecule has 3 saturated carbocycles. The Morgan fingerprint density at radius 1 is 1.40 bits per heavy atom. The van der Waals surface area contributed by atoms with Crippen molar-refractivity contribution in [3.05, 3.63) is 23.8 Å². The van der Waals surface area contributed by atoms with E-state index in [2.05, 4.69) is 4.99 Å². The second-order valence-electron chi connectivity index (χ2n) is 9.54. The lowest BCUT2D eigenvalue weighted by molar-refractivity contribution is -0.179. The number of hydrogen-bond acceptors (Lipinski definition) is 6. The highest BCUT2D eigenvalue weighted by Crippen LogP contribution is 2.76. The third kappa shape index (κ3) is 2.16. The minimum Gasteiger partial charge on any atom is -0.390 e.